The topological polar surface area (TPSA) is 88.3 Å². The Balaban J connectivity index is 1.56. The van der Waals surface area contributed by atoms with E-state index in [0.29, 0.717) is 44.2 Å². The molecule has 0 radical (unpaired) electrons. The molecule has 1 aromatic carbocycles. The Morgan fingerprint density at radius 2 is 2.03 bits per heavy atom. The molecule has 1 N–H and O–H groups in total. The number of hydrogen-bond donors (Lipinski definition) is 1. The van der Waals surface area contributed by atoms with E-state index in [9.17, 15) is 9.59 Å². The molecule has 2 aromatic rings. The van der Waals surface area contributed by atoms with E-state index in [1.54, 1.807) is 0 Å². The third kappa shape index (κ3) is 7.19. The van der Waals surface area contributed by atoms with Crippen molar-refractivity contribution >= 4 is 11.8 Å². The van der Waals surface area contributed by atoms with Gasteiger partial charge in [0.25, 0.3) is 0 Å². The summed E-state index contributed by atoms with van der Waals surface area (Å²) in [6.45, 7) is 5.77. The number of carbonyl (C=O) groups is 2. The van der Waals surface area contributed by atoms with Gasteiger partial charge in [0.2, 0.25) is 17.7 Å². The fourth-order valence-corrected chi connectivity index (χ4v) is 3.89. The maximum absolute atomic E-state index is 12.8. The Labute approximate surface area is 184 Å². The molecular formula is C24H34N4O3. The number of nitrogens with zero attached hydrogens (tertiary/aromatic N) is 3. The highest BCUT2D eigenvalue weighted by Crippen LogP contribution is 2.25. The number of amides is 2. The molecule has 2 heterocycles. The molecule has 3 rings (SSSR count). The molecule has 1 atom stereocenters. The standard InChI is InChI=1S/C24H34N4O3/c1-18(2)23-26-24(31-27-23)20-11-7-16-28(17-14-21(29)25-15-13-20)22(30)12-6-10-19-8-4-3-5-9-19/h3-5,8-9,18,20H,6-7,10-17H2,1-2H3,(H,25,29). The summed E-state index contributed by atoms with van der Waals surface area (Å²) in [5.74, 6) is 1.76. The van der Waals surface area contributed by atoms with Crippen LogP contribution in [-0.4, -0.2) is 46.5 Å². The number of aromatic nitrogens is 2. The molecule has 0 aliphatic carbocycles. The van der Waals surface area contributed by atoms with Gasteiger partial charge in [-0.15, -0.1) is 0 Å². The van der Waals surface area contributed by atoms with Crippen molar-refractivity contribution in [2.75, 3.05) is 19.6 Å². The van der Waals surface area contributed by atoms with Crippen molar-refractivity contribution in [3.05, 3.63) is 47.6 Å². The first-order valence-corrected chi connectivity index (χ1v) is 11.4. The third-order valence-electron chi connectivity index (χ3n) is 5.78. The van der Waals surface area contributed by atoms with Gasteiger partial charge < -0.3 is 14.7 Å². The predicted molar refractivity (Wildman–Crippen MR) is 119 cm³/mol. The summed E-state index contributed by atoms with van der Waals surface area (Å²) in [7, 11) is 0. The molecular weight excluding hydrogens is 392 g/mol. The van der Waals surface area contributed by atoms with Crippen LogP contribution in [0.5, 0.6) is 0 Å². The molecule has 1 saturated heterocycles. The maximum Gasteiger partial charge on any atom is 0.229 e. The summed E-state index contributed by atoms with van der Waals surface area (Å²) in [6, 6.07) is 10.2. The lowest BCUT2D eigenvalue weighted by Crippen LogP contribution is -2.35. The Hall–Kier alpha value is -2.70. The highest BCUT2D eigenvalue weighted by atomic mass is 16.5. The Bertz CT molecular complexity index is 834. The average Bonchev–Trinajstić information content (AvgIpc) is 3.24. The van der Waals surface area contributed by atoms with E-state index in [0.717, 1.165) is 32.1 Å². The number of carbonyl (C=O) groups excluding carboxylic acids is 2. The third-order valence-corrected chi connectivity index (χ3v) is 5.78. The van der Waals surface area contributed by atoms with Crippen molar-refractivity contribution in [2.45, 2.75) is 70.6 Å². The minimum Gasteiger partial charge on any atom is -0.356 e. The van der Waals surface area contributed by atoms with E-state index in [1.165, 1.54) is 5.56 Å². The zero-order valence-electron chi connectivity index (χ0n) is 18.7. The van der Waals surface area contributed by atoms with Crippen LogP contribution in [0.3, 0.4) is 0 Å². The van der Waals surface area contributed by atoms with Crippen LogP contribution in [0.4, 0.5) is 0 Å². The van der Waals surface area contributed by atoms with Gasteiger partial charge in [-0.3, -0.25) is 9.59 Å². The van der Waals surface area contributed by atoms with E-state index in [2.05, 4.69) is 27.6 Å². The van der Waals surface area contributed by atoms with Crippen molar-refractivity contribution in [3.63, 3.8) is 0 Å². The molecule has 1 unspecified atom stereocenters. The van der Waals surface area contributed by atoms with E-state index in [-0.39, 0.29) is 23.7 Å². The second-order valence-electron chi connectivity index (χ2n) is 8.59. The lowest BCUT2D eigenvalue weighted by molar-refractivity contribution is -0.132. The molecule has 1 aliphatic heterocycles. The molecule has 1 aromatic heterocycles. The van der Waals surface area contributed by atoms with Crippen LogP contribution < -0.4 is 5.32 Å². The van der Waals surface area contributed by atoms with Gasteiger partial charge in [-0.1, -0.05) is 49.3 Å². The number of aryl methyl sites for hydroxylation is 1. The molecule has 31 heavy (non-hydrogen) atoms. The lowest BCUT2D eigenvalue weighted by Gasteiger charge is -2.23. The molecule has 2 amide bonds. The Morgan fingerprint density at radius 3 is 2.77 bits per heavy atom. The molecule has 7 nitrogen and oxygen atoms in total. The van der Waals surface area contributed by atoms with Gasteiger partial charge in [0.15, 0.2) is 5.82 Å². The monoisotopic (exact) mass is 426 g/mol. The van der Waals surface area contributed by atoms with Crippen LogP contribution in [0.25, 0.3) is 0 Å². The number of rotatable bonds is 6. The Morgan fingerprint density at radius 1 is 1.23 bits per heavy atom. The summed E-state index contributed by atoms with van der Waals surface area (Å²) >= 11 is 0. The molecule has 0 saturated carbocycles. The number of nitrogens with one attached hydrogen (secondary N) is 1. The van der Waals surface area contributed by atoms with Gasteiger partial charge >= 0.3 is 0 Å². The van der Waals surface area contributed by atoms with Crippen molar-refractivity contribution in [3.8, 4) is 0 Å². The number of hydrogen-bond acceptors (Lipinski definition) is 5. The fourth-order valence-electron chi connectivity index (χ4n) is 3.89. The largest absolute Gasteiger partial charge is 0.356 e. The van der Waals surface area contributed by atoms with E-state index in [4.69, 9.17) is 4.52 Å². The maximum atomic E-state index is 12.8. The average molecular weight is 427 g/mol. The summed E-state index contributed by atoms with van der Waals surface area (Å²) in [5.41, 5.74) is 1.25. The summed E-state index contributed by atoms with van der Waals surface area (Å²) in [5, 5.41) is 7.05. The van der Waals surface area contributed by atoms with Crippen LogP contribution >= 0.6 is 0 Å². The summed E-state index contributed by atoms with van der Waals surface area (Å²) < 4.78 is 5.51. The highest BCUT2D eigenvalue weighted by molar-refractivity contribution is 5.79. The van der Waals surface area contributed by atoms with E-state index >= 15 is 0 Å². The molecule has 1 fully saturated rings. The first kappa shape index (κ1) is 23.0. The lowest BCUT2D eigenvalue weighted by atomic mass is 9.99. The van der Waals surface area contributed by atoms with Crippen molar-refractivity contribution in [1.29, 1.82) is 0 Å². The van der Waals surface area contributed by atoms with Crippen molar-refractivity contribution in [2.24, 2.45) is 0 Å². The minimum atomic E-state index is -0.0175. The quantitative estimate of drug-likeness (QED) is 0.759. The van der Waals surface area contributed by atoms with E-state index < -0.39 is 0 Å². The second kappa shape index (κ2) is 11.6. The van der Waals surface area contributed by atoms with Gasteiger partial charge in [0.1, 0.15) is 0 Å². The summed E-state index contributed by atoms with van der Waals surface area (Å²) in [4.78, 5) is 31.4. The van der Waals surface area contributed by atoms with E-state index in [1.807, 2.05) is 36.9 Å². The van der Waals surface area contributed by atoms with Crippen LogP contribution in [-0.2, 0) is 16.0 Å². The van der Waals surface area contributed by atoms with Crippen molar-refractivity contribution in [1.82, 2.24) is 20.4 Å². The predicted octanol–water partition coefficient (Wildman–Crippen LogP) is 3.82. The zero-order chi connectivity index (χ0) is 22.1. The van der Waals surface area contributed by atoms with Gasteiger partial charge in [0, 0.05) is 44.3 Å². The van der Waals surface area contributed by atoms with Gasteiger partial charge in [-0.05, 0) is 37.7 Å². The second-order valence-corrected chi connectivity index (χ2v) is 8.59. The van der Waals surface area contributed by atoms with Crippen LogP contribution in [0, 0.1) is 0 Å². The normalized spacial score (nSPS) is 18.5. The van der Waals surface area contributed by atoms with Gasteiger partial charge in [-0.2, -0.15) is 4.98 Å². The minimum absolute atomic E-state index is 0.0175. The zero-order valence-corrected chi connectivity index (χ0v) is 18.7. The first-order valence-electron chi connectivity index (χ1n) is 11.4. The molecule has 0 spiro atoms. The van der Waals surface area contributed by atoms with Gasteiger partial charge in [0.05, 0.1) is 0 Å². The smallest absolute Gasteiger partial charge is 0.229 e. The Kier molecular flexibility index (Phi) is 8.62. The van der Waals surface area contributed by atoms with Gasteiger partial charge in [-0.25, -0.2) is 0 Å². The van der Waals surface area contributed by atoms with Crippen LogP contribution in [0.1, 0.15) is 81.5 Å². The SMILES string of the molecule is CC(C)c1noc(C2CCCN(C(=O)CCCc3ccccc3)CCC(=O)NCC2)n1. The molecule has 7 heteroatoms. The molecule has 0 bridgehead atoms. The fraction of sp³-hybridized carbons (Fsp3) is 0.583. The summed E-state index contributed by atoms with van der Waals surface area (Å²) in [6.07, 6.45) is 5.00. The molecule has 168 valence electrons. The first-order chi connectivity index (χ1) is 15.0. The number of benzene rings is 1. The highest BCUT2D eigenvalue weighted by Gasteiger charge is 2.23. The molecule has 1 aliphatic rings. The van der Waals surface area contributed by atoms with Crippen LogP contribution in [0.2, 0.25) is 0 Å². The van der Waals surface area contributed by atoms with Crippen molar-refractivity contribution < 1.29 is 14.1 Å². The van der Waals surface area contributed by atoms with Crippen LogP contribution in [0.15, 0.2) is 34.9 Å².